The topological polar surface area (TPSA) is 73.6 Å². The number of hydrogen-bond acceptors (Lipinski definition) is 4. The summed E-state index contributed by atoms with van der Waals surface area (Å²) in [6.45, 7) is 5.16. The average Bonchev–Trinajstić information content (AvgIpc) is 2.45. The summed E-state index contributed by atoms with van der Waals surface area (Å²) >= 11 is 3.51. The van der Waals surface area contributed by atoms with Crippen molar-refractivity contribution in [1.29, 1.82) is 0 Å². The molecule has 3 N–H and O–H groups in total. The molecule has 1 aromatic carbocycles. The van der Waals surface area contributed by atoms with Gasteiger partial charge in [-0.15, -0.1) is 0 Å². The molecule has 0 bridgehead atoms. The predicted molar refractivity (Wildman–Crippen MR) is 79.9 cm³/mol. The van der Waals surface area contributed by atoms with Gasteiger partial charge in [-0.25, -0.2) is 0 Å². The molecule has 1 aliphatic heterocycles. The summed E-state index contributed by atoms with van der Waals surface area (Å²) in [5, 5.41) is 2.95. The fourth-order valence-corrected chi connectivity index (χ4v) is 2.62. The number of amides is 1. The lowest BCUT2D eigenvalue weighted by Crippen LogP contribution is -2.35. The lowest BCUT2D eigenvalue weighted by Gasteiger charge is -2.23. The van der Waals surface area contributed by atoms with E-state index in [9.17, 15) is 4.79 Å². The van der Waals surface area contributed by atoms with E-state index in [1.54, 1.807) is 6.92 Å². The first-order valence-electron chi connectivity index (χ1n) is 6.62. The van der Waals surface area contributed by atoms with Crippen LogP contribution in [0.4, 0.5) is 0 Å². The molecule has 0 spiro atoms. The Kier molecular flexibility index (Phi) is 4.88. The SMILES string of the molecule is CC(CN)C(=O)NC(C)c1cc2c(cc1Br)OCCO2. The van der Waals surface area contributed by atoms with E-state index in [0.717, 1.165) is 15.8 Å². The van der Waals surface area contributed by atoms with E-state index < -0.39 is 0 Å². The van der Waals surface area contributed by atoms with Crippen LogP contribution in [0.3, 0.4) is 0 Å². The van der Waals surface area contributed by atoms with E-state index in [0.29, 0.717) is 25.5 Å². The second-order valence-corrected chi connectivity index (χ2v) is 5.74. The van der Waals surface area contributed by atoms with E-state index in [4.69, 9.17) is 15.2 Å². The number of benzene rings is 1. The van der Waals surface area contributed by atoms with Crippen LogP contribution in [-0.4, -0.2) is 25.7 Å². The van der Waals surface area contributed by atoms with Crippen molar-refractivity contribution in [2.24, 2.45) is 11.7 Å². The first-order chi connectivity index (χ1) is 9.52. The molecular formula is C14H19BrN2O3. The summed E-state index contributed by atoms with van der Waals surface area (Å²) in [5.41, 5.74) is 6.45. The molecule has 20 heavy (non-hydrogen) atoms. The standard InChI is InChI=1S/C14H19BrN2O3/c1-8(7-16)14(18)17-9(2)10-5-12-13(6-11(10)15)20-4-3-19-12/h5-6,8-9H,3-4,7,16H2,1-2H3,(H,17,18). The third-order valence-corrected chi connectivity index (χ3v) is 3.97. The van der Waals surface area contributed by atoms with Gasteiger partial charge in [-0.05, 0) is 24.6 Å². The van der Waals surface area contributed by atoms with Gasteiger partial charge in [0.2, 0.25) is 5.91 Å². The van der Waals surface area contributed by atoms with Crippen molar-refractivity contribution in [3.8, 4) is 11.5 Å². The fraction of sp³-hybridized carbons (Fsp3) is 0.500. The van der Waals surface area contributed by atoms with E-state index in [1.165, 1.54) is 0 Å². The van der Waals surface area contributed by atoms with Crippen LogP contribution in [0.15, 0.2) is 16.6 Å². The van der Waals surface area contributed by atoms with Crippen molar-refractivity contribution in [2.75, 3.05) is 19.8 Å². The normalized spacial score (nSPS) is 16.4. The molecule has 0 saturated carbocycles. The van der Waals surface area contributed by atoms with Gasteiger partial charge in [0.25, 0.3) is 0 Å². The number of fused-ring (bicyclic) bond motifs is 1. The van der Waals surface area contributed by atoms with Gasteiger partial charge >= 0.3 is 0 Å². The average molecular weight is 343 g/mol. The van der Waals surface area contributed by atoms with Gasteiger partial charge < -0.3 is 20.5 Å². The maximum atomic E-state index is 11.9. The minimum atomic E-state index is -0.201. The fourth-order valence-electron chi connectivity index (χ4n) is 1.95. The van der Waals surface area contributed by atoms with Gasteiger partial charge in [0, 0.05) is 16.9 Å². The highest BCUT2D eigenvalue weighted by atomic mass is 79.9. The molecule has 1 aliphatic rings. The third kappa shape index (κ3) is 3.24. The Morgan fingerprint density at radius 3 is 2.55 bits per heavy atom. The van der Waals surface area contributed by atoms with Gasteiger partial charge in [-0.1, -0.05) is 22.9 Å². The Hall–Kier alpha value is -1.27. The maximum absolute atomic E-state index is 11.9. The Bertz CT molecular complexity index is 507. The molecule has 0 fully saturated rings. The highest BCUT2D eigenvalue weighted by Gasteiger charge is 2.20. The zero-order valence-electron chi connectivity index (χ0n) is 11.6. The number of halogens is 1. The molecule has 6 heteroatoms. The Morgan fingerprint density at radius 1 is 1.35 bits per heavy atom. The van der Waals surface area contributed by atoms with Crippen LogP contribution in [0, 0.1) is 5.92 Å². The molecule has 2 atom stereocenters. The van der Waals surface area contributed by atoms with Gasteiger partial charge in [-0.2, -0.15) is 0 Å². The first kappa shape index (κ1) is 15.1. The summed E-state index contributed by atoms with van der Waals surface area (Å²) < 4.78 is 12.0. The van der Waals surface area contributed by atoms with Crippen LogP contribution in [0.2, 0.25) is 0 Å². The zero-order valence-corrected chi connectivity index (χ0v) is 13.2. The monoisotopic (exact) mass is 342 g/mol. The Morgan fingerprint density at radius 2 is 1.95 bits per heavy atom. The molecular weight excluding hydrogens is 324 g/mol. The second kappa shape index (κ2) is 6.45. The summed E-state index contributed by atoms with van der Waals surface area (Å²) in [4.78, 5) is 11.9. The molecule has 0 aliphatic carbocycles. The Labute approximate surface area is 126 Å². The van der Waals surface area contributed by atoms with Crippen LogP contribution in [-0.2, 0) is 4.79 Å². The molecule has 1 heterocycles. The predicted octanol–water partition coefficient (Wildman–Crippen LogP) is 1.99. The van der Waals surface area contributed by atoms with Gasteiger partial charge in [0.15, 0.2) is 11.5 Å². The minimum absolute atomic E-state index is 0.0539. The maximum Gasteiger partial charge on any atom is 0.224 e. The van der Waals surface area contributed by atoms with Crippen molar-refractivity contribution in [3.63, 3.8) is 0 Å². The molecule has 1 aromatic rings. The third-order valence-electron chi connectivity index (χ3n) is 3.29. The summed E-state index contributed by atoms with van der Waals surface area (Å²) in [7, 11) is 0. The van der Waals surface area contributed by atoms with E-state index >= 15 is 0 Å². The Balaban J connectivity index is 2.17. The van der Waals surface area contributed by atoms with Crippen LogP contribution in [0.25, 0.3) is 0 Å². The lowest BCUT2D eigenvalue weighted by atomic mass is 10.1. The molecule has 0 saturated heterocycles. The van der Waals surface area contributed by atoms with Gasteiger partial charge in [-0.3, -0.25) is 4.79 Å². The van der Waals surface area contributed by atoms with Crippen molar-refractivity contribution in [1.82, 2.24) is 5.32 Å². The van der Waals surface area contributed by atoms with Gasteiger partial charge in [0.1, 0.15) is 13.2 Å². The number of hydrogen-bond donors (Lipinski definition) is 2. The quantitative estimate of drug-likeness (QED) is 0.877. The smallest absolute Gasteiger partial charge is 0.224 e. The molecule has 1 amide bonds. The van der Waals surface area contributed by atoms with Crippen molar-refractivity contribution in [2.45, 2.75) is 19.9 Å². The van der Waals surface area contributed by atoms with Gasteiger partial charge in [0.05, 0.1) is 6.04 Å². The summed E-state index contributed by atoms with van der Waals surface area (Å²) in [6, 6.07) is 3.64. The first-order valence-corrected chi connectivity index (χ1v) is 7.41. The minimum Gasteiger partial charge on any atom is -0.486 e. The van der Waals surface area contributed by atoms with Crippen LogP contribution in [0.1, 0.15) is 25.5 Å². The summed E-state index contributed by atoms with van der Waals surface area (Å²) in [6.07, 6.45) is 0. The molecule has 110 valence electrons. The number of rotatable bonds is 4. The number of carbonyl (C=O) groups excluding carboxylic acids is 1. The second-order valence-electron chi connectivity index (χ2n) is 4.88. The highest BCUT2D eigenvalue weighted by Crippen LogP contribution is 2.37. The van der Waals surface area contributed by atoms with E-state index in [-0.39, 0.29) is 17.9 Å². The lowest BCUT2D eigenvalue weighted by molar-refractivity contribution is -0.124. The van der Waals surface area contributed by atoms with Crippen molar-refractivity contribution in [3.05, 3.63) is 22.2 Å². The van der Waals surface area contributed by atoms with Crippen molar-refractivity contribution < 1.29 is 14.3 Å². The highest BCUT2D eigenvalue weighted by molar-refractivity contribution is 9.10. The van der Waals surface area contributed by atoms with Crippen LogP contribution < -0.4 is 20.5 Å². The summed E-state index contributed by atoms with van der Waals surface area (Å²) in [5.74, 6) is 1.18. The van der Waals surface area contributed by atoms with E-state index in [2.05, 4.69) is 21.2 Å². The van der Waals surface area contributed by atoms with Crippen LogP contribution >= 0.6 is 15.9 Å². The zero-order chi connectivity index (χ0) is 14.7. The number of ether oxygens (including phenoxy) is 2. The largest absolute Gasteiger partial charge is 0.486 e. The number of nitrogens with one attached hydrogen (secondary N) is 1. The molecule has 0 radical (unpaired) electrons. The molecule has 2 unspecified atom stereocenters. The van der Waals surface area contributed by atoms with Crippen molar-refractivity contribution >= 4 is 21.8 Å². The number of carbonyl (C=O) groups is 1. The van der Waals surface area contributed by atoms with Crippen LogP contribution in [0.5, 0.6) is 11.5 Å². The molecule has 2 rings (SSSR count). The number of nitrogens with two attached hydrogens (primary N) is 1. The molecule has 0 aromatic heterocycles. The molecule has 5 nitrogen and oxygen atoms in total. The van der Waals surface area contributed by atoms with E-state index in [1.807, 2.05) is 19.1 Å².